The second kappa shape index (κ2) is 10.3. The number of anilines is 2. The van der Waals surface area contributed by atoms with E-state index in [1.165, 1.54) is 5.56 Å². The Labute approximate surface area is 213 Å². The van der Waals surface area contributed by atoms with Crippen molar-refractivity contribution in [1.82, 2.24) is 20.2 Å². The zero-order chi connectivity index (χ0) is 24.5. The van der Waals surface area contributed by atoms with E-state index in [1.54, 1.807) is 6.33 Å². The fourth-order valence-electron chi connectivity index (χ4n) is 6.03. The predicted molar refractivity (Wildman–Crippen MR) is 141 cm³/mol. The molecule has 8 heteroatoms. The molecule has 1 aromatic carbocycles. The summed E-state index contributed by atoms with van der Waals surface area (Å²) in [7, 11) is 0. The van der Waals surface area contributed by atoms with Gasteiger partial charge in [0.25, 0.3) is 0 Å². The van der Waals surface area contributed by atoms with Gasteiger partial charge in [-0.2, -0.15) is 0 Å². The first kappa shape index (κ1) is 24.3. The van der Waals surface area contributed by atoms with Crippen LogP contribution in [0.25, 0.3) is 0 Å². The highest BCUT2D eigenvalue weighted by atomic mass is 35.5. The molecule has 3 aliphatic rings. The van der Waals surface area contributed by atoms with Crippen molar-refractivity contribution >= 4 is 29.1 Å². The van der Waals surface area contributed by atoms with Gasteiger partial charge in [0.2, 0.25) is 5.91 Å². The Balaban J connectivity index is 1.36. The van der Waals surface area contributed by atoms with Gasteiger partial charge in [0.15, 0.2) is 0 Å². The highest BCUT2D eigenvalue weighted by Crippen LogP contribution is 2.42. The number of carbonyl (C=O) groups is 1. The standard InChI is InChI=1S/C27H37ClN6O/c1-17(2)29-13-11-23(19-4-6-20(28)7-5-19)27(35)33-14-21-8-9-22(15-33)34(21)26-24-18(3)10-12-30-25(24)31-16-32-26/h4-7,16-18,21-23,29H,8-15H2,1-3H3,(H,30,31,32)/t18-,21?,22?,23-/m1/s1. The fourth-order valence-corrected chi connectivity index (χ4v) is 6.16. The zero-order valence-corrected chi connectivity index (χ0v) is 21.8. The summed E-state index contributed by atoms with van der Waals surface area (Å²) >= 11 is 6.14. The highest BCUT2D eigenvalue weighted by molar-refractivity contribution is 6.30. The number of carbonyl (C=O) groups excluding carboxylic acids is 1. The number of hydrogen-bond acceptors (Lipinski definition) is 6. The Morgan fingerprint density at radius 3 is 2.54 bits per heavy atom. The van der Waals surface area contributed by atoms with Gasteiger partial charge in [-0.25, -0.2) is 9.97 Å². The van der Waals surface area contributed by atoms with Crippen molar-refractivity contribution in [3.63, 3.8) is 0 Å². The number of nitrogens with one attached hydrogen (secondary N) is 2. The van der Waals surface area contributed by atoms with Crippen LogP contribution in [0, 0.1) is 0 Å². The van der Waals surface area contributed by atoms with Crippen molar-refractivity contribution in [3.8, 4) is 0 Å². The molecule has 1 amide bonds. The molecular weight excluding hydrogens is 460 g/mol. The van der Waals surface area contributed by atoms with Crippen molar-refractivity contribution in [2.75, 3.05) is 36.4 Å². The molecule has 4 atom stereocenters. The Kier molecular flexibility index (Phi) is 7.17. The first-order chi connectivity index (χ1) is 16.9. The van der Waals surface area contributed by atoms with Crippen molar-refractivity contribution in [1.29, 1.82) is 0 Å². The summed E-state index contributed by atoms with van der Waals surface area (Å²) in [6.07, 6.45) is 5.74. The third kappa shape index (κ3) is 4.98. The maximum absolute atomic E-state index is 13.9. The van der Waals surface area contributed by atoms with Crippen LogP contribution in [0.5, 0.6) is 0 Å². The summed E-state index contributed by atoms with van der Waals surface area (Å²) in [5, 5.41) is 7.64. The smallest absolute Gasteiger partial charge is 0.230 e. The normalized spacial score (nSPS) is 24.3. The van der Waals surface area contributed by atoms with Crippen molar-refractivity contribution in [2.45, 2.75) is 76.4 Å². The number of piperazine rings is 1. The number of fused-ring (bicyclic) bond motifs is 3. The quantitative estimate of drug-likeness (QED) is 0.592. The minimum atomic E-state index is -0.166. The summed E-state index contributed by atoms with van der Waals surface area (Å²) < 4.78 is 0. The topological polar surface area (TPSA) is 73.4 Å². The van der Waals surface area contributed by atoms with Gasteiger partial charge < -0.3 is 20.4 Å². The molecule has 3 aliphatic heterocycles. The molecule has 0 saturated carbocycles. The fraction of sp³-hybridized carbons (Fsp3) is 0.593. The molecule has 2 N–H and O–H groups in total. The number of rotatable bonds is 7. The average Bonchev–Trinajstić information content (AvgIpc) is 3.10. The van der Waals surface area contributed by atoms with Crippen LogP contribution in [0.3, 0.4) is 0 Å². The van der Waals surface area contributed by atoms with E-state index >= 15 is 0 Å². The average molecular weight is 497 g/mol. The molecule has 2 unspecified atom stereocenters. The third-order valence-electron chi connectivity index (χ3n) is 7.82. The molecule has 2 fully saturated rings. The molecule has 2 bridgehead atoms. The van der Waals surface area contributed by atoms with Gasteiger partial charge in [0.1, 0.15) is 18.0 Å². The molecule has 0 radical (unpaired) electrons. The lowest BCUT2D eigenvalue weighted by atomic mass is 9.92. The first-order valence-electron chi connectivity index (χ1n) is 13.1. The van der Waals surface area contributed by atoms with Crippen LogP contribution in [0.4, 0.5) is 11.6 Å². The lowest BCUT2D eigenvalue weighted by Crippen LogP contribution is -2.57. The molecule has 2 saturated heterocycles. The Bertz CT molecular complexity index is 1030. The van der Waals surface area contributed by atoms with E-state index in [1.807, 2.05) is 24.3 Å². The summed E-state index contributed by atoms with van der Waals surface area (Å²) in [4.78, 5) is 27.8. The SMILES string of the molecule is CC(C)NCC[C@@H](C(=O)N1CC2CCC(C1)N2c1ncnc2c1[C@H](C)CCN2)c1ccc(Cl)cc1. The monoisotopic (exact) mass is 496 g/mol. The molecule has 4 heterocycles. The second-order valence-corrected chi connectivity index (χ2v) is 11.0. The van der Waals surface area contributed by atoms with Crippen LogP contribution < -0.4 is 15.5 Å². The Hall–Kier alpha value is -2.38. The minimum absolute atomic E-state index is 0.166. The van der Waals surface area contributed by atoms with E-state index in [9.17, 15) is 4.79 Å². The van der Waals surface area contributed by atoms with Crippen LogP contribution in [0.15, 0.2) is 30.6 Å². The largest absolute Gasteiger partial charge is 0.370 e. The van der Waals surface area contributed by atoms with Gasteiger partial charge in [-0.05, 0) is 55.8 Å². The van der Waals surface area contributed by atoms with E-state index in [4.69, 9.17) is 16.6 Å². The minimum Gasteiger partial charge on any atom is -0.370 e. The van der Waals surface area contributed by atoms with Crippen LogP contribution in [0.2, 0.25) is 5.02 Å². The van der Waals surface area contributed by atoms with E-state index in [0.717, 1.165) is 69.1 Å². The molecule has 2 aromatic rings. The number of hydrogen-bond donors (Lipinski definition) is 2. The summed E-state index contributed by atoms with van der Waals surface area (Å²) in [5.74, 6) is 2.55. The Morgan fingerprint density at radius 1 is 1.14 bits per heavy atom. The van der Waals surface area contributed by atoms with Gasteiger partial charge in [0.05, 0.1) is 5.92 Å². The number of aromatic nitrogens is 2. The molecule has 0 spiro atoms. The van der Waals surface area contributed by atoms with Crippen molar-refractivity contribution in [2.24, 2.45) is 0 Å². The summed E-state index contributed by atoms with van der Waals surface area (Å²) in [6, 6.07) is 8.78. The van der Waals surface area contributed by atoms with Gasteiger partial charge >= 0.3 is 0 Å². The summed E-state index contributed by atoms with van der Waals surface area (Å²) in [6.45, 7) is 9.81. The number of nitrogens with zero attached hydrogens (tertiary/aromatic N) is 4. The first-order valence-corrected chi connectivity index (χ1v) is 13.4. The molecule has 5 rings (SSSR count). The number of amides is 1. The molecule has 7 nitrogen and oxygen atoms in total. The number of benzene rings is 1. The lowest BCUT2D eigenvalue weighted by molar-refractivity contribution is -0.134. The highest BCUT2D eigenvalue weighted by Gasteiger charge is 2.44. The van der Waals surface area contributed by atoms with Gasteiger partial charge in [0, 0.05) is 48.3 Å². The lowest BCUT2D eigenvalue weighted by Gasteiger charge is -2.44. The molecule has 0 aliphatic carbocycles. The molecule has 188 valence electrons. The third-order valence-corrected chi connectivity index (χ3v) is 8.07. The number of halogens is 1. The molecule has 1 aromatic heterocycles. The van der Waals surface area contributed by atoms with Crippen molar-refractivity contribution < 1.29 is 4.79 Å². The van der Waals surface area contributed by atoms with E-state index in [0.29, 0.717) is 29.1 Å². The molecule has 35 heavy (non-hydrogen) atoms. The van der Waals surface area contributed by atoms with E-state index in [-0.39, 0.29) is 11.8 Å². The van der Waals surface area contributed by atoms with Crippen LogP contribution in [-0.2, 0) is 4.79 Å². The zero-order valence-electron chi connectivity index (χ0n) is 21.0. The second-order valence-electron chi connectivity index (χ2n) is 10.6. The summed E-state index contributed by atoms with van der Waals surface area (Å²) in [5.41, 5.74) is 2.29. The van der Waals surface area contributed by atoms with Gasteiger partial charge in [-0.3, -0.25) is 4.79 Å². The van der Waals surface area contributed by atoms with Gasteiger partial charge in [-0.15, -0.1) is 0 Å². The Morgan fingerprint density at radius 2 is 1.86 bits per heavy atom. The van der Waals surface area contributed by atoms with Gasteiger partial charge in [-0.1, -0.05) is 44.5 Å². The van der Waals surface area contributed by atoms with Crippen LogP contribution >= 0.6 is 11.6 Å². The molecular formula is C27H37ClN6O. The van der Waals surface area contributed by atoms with Crippen LogP contribution in [-0.4, -0.2) is 65.1 Å². The van der Waals surface area contributed by atoms with Crippen LogP contribution in [0.1, 0.15) is 69.4 Å². The van der Waals surface area contributed by atoms with Crippen molar-refractivity contribution in [3.05, 3.63) is 46.7 Å². The maximum Gasteiger partial charge on any atom is 0.230 e. The van der Waals surface area contributed by atoms with E-state index < -0.39 is 0 Å². The number of likely N-dealkylation sites (tertiary alicyclic amines) is 1. The van der Waals surface area contributed by atoms with E-state index in [2.05, 4.69) is 46.2 Å². The maximum atomic E-state index is 13.9. The predicted octanol–water partition coefficient (Wildman–Crippen LogP) is 4.40.